The summed E-state index contributed by atoms with van der Waals surface area (Å²) in [6.45, 7) is 6.59. The molecular formula is C18H21NO2. The number of amides is 1. The molecule has 0 heterocycles. The van der Waals surface area contributed by atoms with E-state index >= 15 is 0 Å². The van der Waals surface area contributed by atoms with Crippen molar-refractivity contribution in [2.24, 2.45) is 0 Å². The van der Waals surface area contributed by atoms with Crippen molar-refractivity contribution < 1.29 is 9.53 Å². The molecule has 0 atom stereocenters. The summed E-state index contributed by atoms with van der Waals surface area (Å²) in [4.78, 5) is 12.4. The molecule has 0 bridgehead atoms. The van der Waals surface area contributed by atoms with Gasteiger partial charge in [-0.2, -0.15) is 0 Å². The van der Waals surface area contributed by atoms with Crippen LogP contribution in [0.25, 0.3) is 0 Å². The third-order valence-corrected chi connectivity index (χ3v) is 3.38. The molecule has 0 aliphatic rings. The third kappa shape index (κ3) is 3.63. The standard InChI is InChI=1S/C18H21NO2/c1-4-14-8-6-7-9-16(14)19-18(20)15-10-11-17(21-5-2)13(3)12-15/h6-12H,4-5H2,1-3H3,(H,19,20). The Kier molecular flexibility index (Phi) is 4.99. The van der Waals surface area contributed by atoms with Crippen molar-refractivity contribution in [1.82, 2.24) is 0 Å². The molecule has 0 radical (unpaired) electrons. The average molecular weight is 283 g/mol. The fraction of sp³-hybridized carbons (Fsp3) is 0.278. The summed E-state index contributed by atoms with van der Waals surface area (Å²) in [6.07, 6.45) is 0.888. The lowest BCUT2D eigenvalue weighted by molar-refractivity contribution is 0.102. The van der Waals surface area contributed by atoms with Crippen molar-refractivity contribution in [3.05, 3.63) is 59.2 Å². The summed E-state index contributed by atoms with van der Waals surface area (Å²) >= 11 is 0. The number of rotatable bonds is 5. The first kappa shape index (κ1) is 15.1. The van der Waals surface area contributed by atoms with Gasteiger partial charge in [-0.25, -0.2) is 0 Å². The van der Waals surface area contributed by atoms with Gasteiger partial charge < -0.3 is 10.1 Å². The molecule has 110 valence electrons. The largest absolute Gasteiger partial charge is 0.494 e. The van der Waals surface area contributed by atoms with Gasteiger partial charge in [0.15, 0.2) is 0 Å². The first-order valence-electron chi connectivity index (χ1n) is 7.28. The zero-order valence-corrected chi connectivity index (χ0v) is 12.8. The smallest absolute Gasteiger partial charge is 0.255 e. The quantitative estimate of drug-likeness (QED) is 0.892. The van der Waals surface area contributed by atoms with Crippen LogP contribution in [0, 0.1) is 6.92 Å². The molecular weight excluding hydrogens is 262 g/mol. The highest BCUT2D eigenvalue weighted by atomic mass is 16.5. The van der Waals surface area contributed by atoms with Gasteiger partial charge in [-0.1, -0.05) is 25.1 Å². The van der Waals surface area contributed by atoms with Crippen LogP contribution < -0.4 is 10.1 Å². The molecule has 0 spiro atoms. The minimum atomic E-state index is -0.0953. The maximum absolute atomic E-state index is 12.4. The van der Waals surface area contributed by atoms with Crippen LogP contribution in [0.15, 0.2) is 42.5 Å². The van der Waals surface area contributed by atoms with E-state index < -0.39 is 0 Å². The number of carbonyl (C=O) groups excluding carboxylic acids is 1. The fourth-order valence-corrected chi connectivity index (χ4v) is 2.25. The molecule has 3 heteroatoms. The van der Waals surface area contributed by atoms with E-state index in [0.29, 0.717) is 12.2 Å². The van der Waals surface area contributed by atoms with Gasteiger partial charge in [-0.3, -0.25) is 4.79 Å². The fourth-order valence-electron chi connectivity index (χ4n) is 2.25. The number of benzene rings is 2. The maximum Gasteiger partial charge on any atom is 0.255 e. The van der Waals surface area contributed by atoms with Gasteiger partial charge in [0.25, 0.3) is 5.91 Å². The van der Waals surface area contributed by atoms with Crippen LogP contribution in [0.3, 0.4) is 0 Å². The van der Waals surface area contributed by atoms with Crippen LogP contribution in [-0.2, 0) is 6.42 Å². The Labute approximate surface area is 126 Å². The second-order valence-corrected chi connectivity index (χ2v) is 4.88. The normalized spacial score (nSPS) is 10.2. The van der Waals surface area contributed by atoms with Gasteiger partial charge in [0.2, 0.25) is 0 Å². The van der Waals surface area contributed by atoms with E-state index in [2.05, 4.69) is 12.2 Å². The van der Waals surface area contributed by atoms with Crippen LogP contribution in [0.1, 0.15) is 35.3 Å². The third-order valence-electron chi connectivity index (χ3n) is 3.38. The predicted octanol–water partition coefficient (Wildman–Crippen LogP) is 4.21. The van der Waals surface area contributed by atoms with Gasteiger partial charge in [0, 0.05) is 11.3 Å². The van der Waals surface area contributed by atoms with Gasteiger partial charge in [0.1, 0.15) is 5.75 Å². The summed E-state index contributed by atoms with van der Waals surface area (Å²) in [5.41, 5.74) is 3.61. The van der Waals surface area contributed by atoms with Crippen molar-refractivity contribution in [1.29, 1.82) is 0 Å². The minimum absolute atomic E-state index is 0.0953. The SMILES string of the molecule is CCOc1ccc(C(=O)Nc2ccccc2CC)cc1C. The molecule has 0 aliphatic carbocycles. The molecule has 0 saturated carbocycles. The van der Waals surface area contributed by atoms with E-state index in [1.807, 2.05) is 50.2 Å². The number of carbonyl (C=O) groups is 1. The van der Waals surface area contributed by atoms with Crippen LogP contribution in [0.2, 0.25) is 0 Å². The molecule has 2 aromatic carbocycles. The summed E-state index contributed by atoms with van der Waals surface area (Å²) in [6, 6.07) is 13.4. The molecule has 0 unspecified atom stereocenters. The summed E-state index contributed by atoms with van der Waals surface area (Å²) < 4.78 is 5.49. The highest BCUT2D eigenvalue weighted by Gasteiger charge is 2.10. The number of anilines is 1. The Morgan fingerprint density at radius 3 is 2.57 bits per heavy atom. The van der Waals surface area contributed by atoms with Gasteiger partial charge in [0.05, 0.1) is 6.61 Å². The zero-order valence-electron chi connectivity index (χ0n) is 12.8. The van der Waals surface area contributed by atoms with E-state index in [4.69, 9.17) is 4.74 Å². The Morgan fingerprint density at radius 1 is 1.14 bits per heavy atom. The second-order valence-electron chi connectivity index (χ2n) is 4.88. The number of ether oxygens (including phenoxy) is 1. The average Bonchev–Trinajstić information content (AvgIpc) is 2.50. The van der Waals surface area contributed by atoms with E-state index in [0.717, 1.165) is 29.0 Å². The number of hydrogen-bond donors (Lipinski definition) is 1. The van der Waals surface area contributed by atoms with E-state index in [1.165, 1.54) is 0 Å². The topological polar surface area (TPSA) is 38.3 Å². The summed E-state index contributed by atoms with van der Waals surface area (Å²) in [7, 11) is 0. The molecule has 2 aromatic rings. The highest BCUT2D eigenvalue weighted by molar-refractivity contribution is 6.04. The second kappa shape index (κ2) is 6.93. The Balaban J connectivity index is 2.19. The summed E-state index contributed by atoms with van der Waals surface area (Å²) in [5, 5.41) is 2.98. The molecule has 21 heavy (non-hydrogen) atoms. The minimum Gasteiger partial charge on any atom is -0.494 e. The number of nitrogens with one attached hydrogen (secondary N) is 1. The van der Waals surface area contributed by atoms with E-state index in [1.54, 1.807) is 6.07 Å². The Hall–Kier alpha value is -2.29. The van der Waals surface area contributed by atoms with Crippen LogP contribution in [0.4, 0.5) is 5.69 Å². The lowest BCUT2D eigenvalue weighted by Gasteiger charge is -2.11. The number of hydrogen-bond acceptors (Lipinski definition) is 2. The Morgan fingerprint density at radius 2 is 1.90 bits per heavy atom. The number of aryl methyl sites for hydroxylation is 2. The molecule has 2 rings (SSSR count). The van der Waals surface area contributed by atoms with E-state index in [9.17, 15) is 4.79 Å². The van der Waals surface area contributed by atoms with Crippen molar-refractivity contribution in [2.75, 3.05) is 11.9 Å². The molecule has 0 aromatic heterocycles. The Bertz CT molecular complexity index is 635. The molecule has 1 amide bonds. The van der Waals surface area contributed by atoms with E-state index in [-0.39, 0.29) is 5.91 Å². The first-order chi connectivity index (χ1) is 10.2. The van der Waals surface area contributed by atoms with Crippen LogP contribution in [0.5, 0.6) is 5.75 Å². The van der Waals surface area contributed by atoms with Crippen LogP contribution in [-0.4, -0.2) is 12.5 Å². The molecule has 0 saturated heterocycles. The monoisotopic (exact) mass is 283 g/mol. The predicted molar refractivity (Wildman–Crippen MR) is 86.1 cm³/mol. The zero-order chi connectivity index (χ0) is 15.2. The lowest BCUT2D eigenvalue weighted by atomic mass is 10.1. The highest BCUT2D eigenvalue weighted by Crippen LogP contribution is 2.21. The maximum atomic E-state index is 12.4. The molecule has 1 N–H and O–H groups in total. The van der Waals surface area contributed by atoms with Gasteiger partial charge >= 0.3 is 0 Å². The summed E-state index contributed by atoms with van der Waals surface area (Å²) in [5.74, 6) is 0.727. The molecule has 0 aliphatic heterocycles. The van der Waals surface area contributed by atoms with Gasteiger partial charge in [-0.05, 0) is 55.7 Å². The van der Waals surface area contributed by atoms with Crippen molar-refractivity contribution in [2.45, 2.75) is 27.2 Å². The van der Waals surface area contributed by atoms with Crippen LogP contribution >= 0.6 is 0 Å². The first-order valence-corrected chi connectivity index (χ1v) is 7.28. The molecule has 0 fully saturated rings. The van der Waals surface area contributed by atoms with Crippen molar-refractivity contribution in [3.63, 3.8) is 0 Å². The number of para-hydroxylation sites is 1. The van der Waals surface area contributed by atoms with Gasteiger partial charge in [-0.15, -0.1) is 0 Å². The molecule has 3 nitrogen and oxygen atoms in total. The lowest BCUT2D eigenvalue weighted by Crippen LogP contribution is -2.13. The van der Waals surface area contributed by atoms with Crippen molar-refractivity contribution in [3.8, 4) is 5.75 Å². The van der Waals surface area contributed by atoms with Crippen molar-refractivity contribution >= 4 is 11.6 Å².